The van der Waals surface area contributed by atoms with Crippen LogP contribution in [0.5, 0.6) is 0 Å². The number of carbonyl (C=O) groups is 1. The van der Waals surface area contributed by atoms with Crippen LogP contribution in [0.4, 0.5) is 0 Å². The summed E-state index contributed by atoms with van der Waals surface area (Å²) in [7, 11) is 0. The van der Waals surface area contributed by atoms with Crippen LogP contribution in [0.3, 0.4) is 0 Å². The number of thioether (sulfide) groups is 1. The molecule has 5 nitrogen and oxygen atoms in total. The van der Waals surface area contributed by atoms with E-state index in [0.29, 0.717) is 25.1 Å². The van der Waals surface area contributed by atoms with Crippen LogP contribution in [0.2, 0.25) is 0 Å². The van der Waals surface area contributed by atoms with E-state index in [1.807, 2.05) is 6.92 Å². The summed E-state index contributed by atoms with van der Waals surface area (Å²) in [5.74, 6) is 0.599. The van der Waals surface area contributed by atoms with Gasteiger partial charge < -0.3 is 20.7 Å². The largest absolute Gasteiger partial charge is 0.463 e. The van der Waals surface area contributed by atoms with Gasteiger partial charge in [0.2, 0.25) is 0 Å². The first-order valence-electron chi connectivity index (χ1n) is 9.05. The Morgan fingerprint density at radius 2 is 2.17 bits per heavy atom. The summed E-state index contributed by atoms with van der Waals surface area (Å²) in [5, 5.41) is 20.7. The molecule has 0 aromatic rings. The summed E-state index contributed by atoms with van der Waals surface area (Å²) in [5.41, 5.74) is 5.60. The Hall–Kier alpha value is -0.560. The van der Waals surface area contributed by atoms with E-state index in [9.17, 15) is 15.0 Å². The molecule has 6 atom stereocenters. The number of esters is 1. The van der Waals surface area contributed by atoms with Crippen molar-refractivity contribution < 1.29 is 19.7 Å². The number of hydrogen-bond donors (Lipinski definition) is 3. The van der Waals surface area contributed by atoms with Crippen LogP contribution in [-0.4, -0.2) is 52.0 Å². The van der Waals surface area contributed by atoms with Crippen LogP contribution < -0.4 is 5.73 Å². The number of carbonyl (C=O) groups excluding carboxylic acids is 1. The number of cyclic esters (lactones) is 1. The fourth-order valence-electron chi connectivity index (χ4n) is 3.75. The van der Waals surface area contributed by atoms with Gasteiger partial charge in [-0.15, -0.1) is 0 Å². The summed E-state index contributed by atoms with van der Waals surface area (Å²) in [6, 6.07) is 0. The van der Waals surface area contributed by atoms with Crippen LogP contribution in [0.15, 0.2) is 12.2 Å². The number of hydrogen-bond acceptors (Lipinski definition) is 6. The molecule has 0 aromatic carbocycles. The second-order valence-corrected chi connectivity index (χ2v) is 8.35. The van der Waals surface area contributed by atoms with Crippen LogP contribution in [0.1, 0.15) is 45.4 Å². The van der Waals surface area contributed by atoms with Gasteiger partial charge in [-0.1, -0.05) is 12.2 Å². The van der Waals surface area contributed by atoms with Gasteiger partial charge in [0.1, 0.15) is 0 Å². The molecule has 1 heterocycles. The first kappa shape index (κ1) is 19.8. The maximum Gasteiger partial charge on any atom is 0.307 e. The molecule has 1 fully saturated rings. The maximum atomic E-state index is 12.2. The Bertz CT molecular complexity index is 431. The van der Waals surface area contributed by atoms with E-state index in [2.05, 4.69) is 12.2 Å². The Morgan fingerprint density at radius 1 is 1.38 bits per heavy atom. The number of rotatable bonds is 3. The first-order valence-corrected chi connectivity index (χ1v) is 10.1. The van der Waals surface area contributed by atoms with Gasteiger partial charge in [0.25, 0.3) is 0 Å². The molecule has 0 unspecified atom stereocenters. The predicted octanol–water partition coefficient (Wildman–Crippen LogP) is 1.86. The lowest BCUT2D eigenvalue weighted by molar-refractivity contribution is -0.149. The van der Waals surface area contributed by atoms with Crippen LogP contribution in [-0.2, 0) is 9.53 Å². The quantitative estimate of drug-likeness (QED) is 0.527. The predicted molar refractivity (Wildman–Crippen MR) is 96.7 cm³/mol. The third-order valence-electron chi connectivity index (χ3n) is 4.97. The minimum absolute atomic E-state index is 0.0162. The highest BCUT2D eigenvalue weighted by atomic mass is 32.2. The average molecular weight is 358 g/mol. The third-order valence-corrected chi connectivity index (χ3v) is 6.32. The van der Waals surface area contributed by atoms with Gasteiger partial charge in [-0.3, -0.25) is 4.79 Å². The average Bonchev–Trinajstić information content (AvgIpc) is 2.90. The summed E-state index contributed by atoms with van der Waals surface area (Å²) in [6.07, 6.45) is 7.41. The molecule has 0 saturated heterocycles. The molecule has 1 saturated carbocycles. The molecule has 24 heavy (non-hydrogen) atoms. The molecule has 4 N–H and O–H groups in total. The molecule has 0 spiro atoms. The number of ether oxygens (including phenoxy) is 1. The SMILES string of the molecule is C[C@H]1CCC/C=C/[C@@H]2C[C@H](O)C[C@H]2[C@H](O)[C@H](SCCN)CC(=O)O1. The first-order chi connectivity index (χ1) is 11.5. The second kappa shape index (κ2) is 9.80. The molecule has 0 bridgehead atoms. The van der Waals surface area contributed by atoms with Crippen molar-refractivity contribution in [2.75, 3.05) is 12.3 Å². The highest BCUT2D eigenvalue weighted by molar-refractivity contribution is 8.00. The van der Waals surface area contributed by atoms with Crippen molar-refractivity contribution in [2.24, 2.45) is 17.6 Å². The maximum absolute atomic E-state index is 12.2. The Balaban J connectivity index is 2.16. The summed E-state index contributed by atoms with van der Waals surface area (Å²) < 4.78 is 5.49. The van der Waals surface area contributed by atoms with Gasteiger partial charge in [-0.05, 0) is 50.9 Å². The van der Waals surface area contributed by atoms with Gasteiger partial charge in [0, 0.05) is 17.5 Å². The van der Waals surface area contributed by atoms with E-state index >= 15 is 0 Å². The number of aliphatic hydroxyl groups is 2. The van der Waals surface area contributed by atoms with E-state index in [0.717, 1.165) is 19.3 Å². The highest BCUT2D eigenvalue weighted by Gasteiger charge is 2.40. The van der Waals surface area contributed by atoms with Crippen molar-refractivity contribution in [3.05, 3.63) is 12.2 Å². The van der Waals surface area contributed by atoms with Gasteiger partial charge >= 0.3 is 5.97 Å². The van der Waals surface area contributed by atoms with E-state index < -0.39 is 6.10 Å². The zero-order chi connectivity index (χ0) is 17.5. The van der Waals surface area contributed by atoms with E-state index in [1.165, 1.54) is 11.8 Å². The fraction of sp³-hybridized carbons (Fsp3) is 0.833. The monoisotopic (exact) mass is 357 g/mol. The van der Waals surface area contributed by atoms with E-state index in [4.69, 9.17) is 10.5 Å². The molecular formula is C18H31NO4S. The van der Waals surface area contributed by atoms with Crippen molar-refractivity contribution in [3.8, 4) is 0 Å². The van der Waals surface area contributed by atoms with Crippen molar-refractivity contribution in [3.63, 3.8) is 0 Å². The van der Waals surface area contributed by atoms with Crippen LogP contribution >= 0.6 is 11.8 Å². The standard InChI is InChI=1S/C18H31NO4S/c1-12-5-3-2-4-6-13-9-14(20)10-15(13)18(22)16(24-8-7-19)11-17(21)23-12/h4,6,12-16,18,20,22H,2-3,5,7-11,19H2,1H3/b6-4+/t12-,13+,14-,15+,16+,18-/m0/s1. The Morgan fingerprint density at radius 3 is 2.92 bits per heavy atom. The number of aliphatic hydroxyl groups excluding tert-OH is 2. The molecule has 6 heteroatoms. The number of nitrogens with two attached hydrogens (primary N) is 1. The summed E-state index contributed by atoms with van der Waals surface area (Å²) in [6.45, 7) is 2.43. The highest BCUT2D eigenvalue weighted by Crippen LogP contribution is 2.39. The molecular weight excluding hydrogens is 326 g/mol. The van der Waals surface area contributed by atoms with Crippen LogP contribution in [0.25, 0.3) is 0 Å². The zero-order valence-electron chi connectivity index (χ0n) is 14.5. The molecule has 0 aromatic heterocycles. The normalized spacial score (nSPS) is 39.9. The lowest BCUT2D eigenvalue weighted by Gasteiger charge is -2.29. The molecule has 2 rings (SSSR count). The third kappa shape index (κ3) is 5.76. The fourth-order valence-corrected chi connectivity index (χ4v) is 4.84. The van der Waals surface area contributed by atoms with Gasteiger partial charge in [0.15, 0.2) is 0 Å². The number of allylic oxidation sites excluding steroid dienone is 2. The Kier molecular flexibility index (Phi) is 8.07. The van der Waals surface area contributed by atoms with Gasteiger partial charge in [0.05, 0.1) is 24.7 Å². The zero-order valence-corrected chi connectivity index (χ0v) is 15.3. The topological polar surface area (TPSA) is 92.8 Å². The minimum Gasteiger partial charge on any atom is -0.463 e. The summed E-state index contributed by atoms with van der Waals surface area (Å²) in [4.78, 5) is 12.2. The molecule has 0 radical (unpaired) electrons. The van der Waals surface area contributed by atoms with Gasteiger partial charge in [-0.2, -0.15) is 11.8 Å². The molecule has 1 aliphatic heterocycles. The lowest BCUT2D eigenvalue weighted by Crippen LogP contribution is -2.36. The van der Waals surface area contributed by atoms with E-state index in [1.54, 1.807) is 0 Å². The smallest absolute Gasteiger partial charge is 0.307 e. The van der Waals surface area contributed by atoms with Crippen molar-refractivity contribution >= 4 is 17.7 Å². The summed E-state index contributed by atoms with van der Waals surface area (Å²) >= 11 is 1.53. The number of fused-ring (bicyclic) bond motifs is 1. The molecule has 0 amide bonds. The minimum atomic E-state index is -0.642. The van der Waals surface area contributed by atoms with Crippen molar-refractivity contribution in [2.45, 2.75) is 69.0 Å². The van der Waals surface area contributed by atoms with Gasteiger partial charge in [-0.25, -0.2) is 0 Å². The second-order valence-electron chi connectivity index (χ2n) is 7.01. The molecule has 1 aliphatic carbocycles. The Labute approximate surface area is 149 Å². The molecule has 138 valence electrons. The van der Waals surface area contributed by atoms with E-state index in [-0.39, 0.29) is 41.7 Å². The lowest BCUT2D eigenvalue weighted by atomic mass is 9.87. The van der Waals surface area contributed by atoms with Crippen LogP contribution in [0, 0.1) is 11.8 Å². The van der Waals surface area contributed by atoms with Crippen molar-refractivity contribution in [1.82, 2.24) is 0 Å². The van der Waals surface area contributed by atoms with Crippen molar-refractivity contribution in [1.29, 1.82) is 0 Å². The molecule has 2 aliphatic rings.